The van der Waals surface area contributed by atoms with Gasteiger partial charge >= 0.3 is 5.97 Å². The summed E-state index contributed by atoms with van der Waals surface area (Å²) in [6.45, 7) is 6.37. The van der Waals surface area contributed by atoms with E-state index in [0.717, 1.165) is 16.7 Å². The van der Waals surface area contributed by atoms with E-state index in [1.54, 1.807) is 36.4 Å². The van der Waals surface area contributed by atoms with Crippen LogP contribution in [-0.2, 0) is 5.41 Å². The molecule has 0 aliphatic heterocycles. The Morgan fingerprint density at radius 2 is 1.58 bits per heavy atom. The Labute approximate surface area is 183 Å². The van der Waals surface area contributed by atoms with Crippen molar-refractivity contribution in [2.24, 2.45) is 0 Å². The highest BCUT2D eigenvalue weighted by Crippen LogP contribution is 2.31. The first-order chi connectivity index (χ1) is 14.8. The van der Waals surface area contributed by atoms with Crippen molar-refractivity contribution in [3.63, 3.8) is 0 Å². The number of carbonyl (C=O) groups is 1. The zero-order valence-electron chi connectivity index (χ0n) is 18.2. The van der Waals surface area contributed by atoms with Crippen molar-refractivity contribution in [2.45, 2.75) is 26.2 Å². The van der Waals surface area contributed by atoms with Crippen molar-refractivity contribution < 1.29 is 14.3 Å². The van der Waals surface area contributed by atoms with Crippen molar-refractivity contribution in [2.75, 3.05) is 7.11 Å². The van der Waals surface area contributed by atoms with E-state index >= 15 is 0 Å². The van der Waals surface area contributed by atoms with Gasteiger partial charge < -0.3 is 9.47 Å². The molecule has 0 aliphatic rings. The second-order valence-corrected chi connectivity index (χ2v) is 8.16. The molecule has 0 amide bonds. The Balaban J connectivity index is 1.82. The van der Waals surface area contributed by atoms with Crippen LogP contribution in [0, 0.1) is 11.3 Å². The van der Waals surface area contributed by atoms with Crippen molar-refractivity contribution >= 4 is 17.6 Å². The third-order valence-electron chi connectivity index (χ3n) is 4.89. The number of benzene rings is 3. The smallest absolute Gasteiger partial charge is 0.343 e. The van der Waals surface area contributed by atoms with Gasteiger partial charge in [0.2, 0.25) is 0 Å². The third kappa shape index (κ3) is 5.40. The molecular formula is C27H25NO3. The van der Waals surface area contributed by atoms with Crippen LogP contribution in [-0.4, -0.2) is 13.1 Å². The summed E-state index contributed by atoms with van der Waals surface area (Å²) in [5.41, 5.74) is 3.76. The molecule has 0 radical (unpaired) electrons. The summed E-state index contributed by atoms with van der Waals surface area (Å²) in [4.78, 5) is 12.6. The lowest BCUT2D eigenvalue weighted by molar-refractivity contribution is 0.0729. The molecule has 3 rings (SSSR count). The van der Waals surface area contributed by atoms with Crippen molar-refractivity contribution in [3.8, 4) is 17.6 Å². The van der Waals surface area contributed by atoms with E-state index < -0.39 is 5.97 Å². The van der Waals surface area contributed by atoms with Crippen LogP contribution < -0.4 is 9.47 Å². The lowest BCUT2D eigenvalue weighted by atomic mass is 9.87. The molecule has 0 aromatic heterocycles. The molecule has 156 valence electrons. The lowest BCUT2D eigenvalue weighted by Gasteiger charge is -2.19. The normalized spacial score (nSPS) is 11.5. The molecule has 0 bridgehead atoms. The van der Waals surface area contributed by atoms with Crippen LogP contribution in [0.4, 0.5) is 0 Å². The Morgan fingerprint density at radius 1 is 0.903 bits per heavy atom. The van der Waals surface area contributed by atoms with Crippen LogP contribution in [0.25, 0.3) is 11.6 Å². The maximum atomic E-state index is 12.6. The minimum atomic E-state index is -0.455. The molecule has 4 heteroatoms. The molecule has 0 atom stereocenters. The standard InChI is InChI=1S/C27H25NO3/c1-27(2,3)23-13-11-21(12-14-23)26(29)31-24-15-10-19(17-25(24)30-4)16-22(18-28)20-8-6-5-7-9-20/h5-17H,1-4H3/b22-16+. The highest BCUT2D eigenvalue weighted by molar-refractivity contribution is 5.92. The number of carbonyl (C=O) groups excluding carboxylic acids is 1. The average molecular weight is 412 g/mol. The molecule has 0 fully saturated rings. The second kappa shape index (κ2) is 9.32. The lowest BCUT2D eigenvalue weighted by Crippen LogP contribution is -2.13. The first kappa shape index (κ1) is 21.9. The molecular weight excluding hydrogens is 386 g/mol. The Morgan fingerprint density at radius 3 is 2.16 bits per heavy atom. The summed E-state index contributed by atoms with van der Waals surface area (Å²) in [7, 11) is 1.51. The minimum absolute atomic E-state index is 0.0109. The molecule has 0 saturated carbocycles. The molecule has 0 aliphatic carbocycles. The number of hydrogen-bond donors (Lipinski definition) is 0. The molecule has 0 unspecified atom stereocenters. The van der Waals surface area contributed by atoms with Crippen LogP contribution in [0.2, 0.25) is 0 Å². The summed E-state index contributed by atoms with van der Waals surface area (Å²) >= 11 is 0. The van der Waals surface area contributed by atoms with Gasteiger partial charge in [-0.05, 0) is 52.4 Å². The number of methoxy groups -OCH3 is 1. The van der Waals surface area contributed by atoms with E-state index in [9.17, 15) is 10.1 Å². The molecule has 4 nitrogen and oxygen atoms in total. The summed E-state index contributed by atoms with van der Waals surface area (Å²) in [6.07, 6.45) is 1.77. The van der Waals surface area contributed by atoms with Crippen LogP contribution in [0.1, 0.15) is 47.8 Å². The highest BCUT2D eigenvalue weighted by atomic mass is 16.6. The van der Waals surface area contributed by atoms with Gasteiger partial charge in [0, 0.05) is 0 Å². The van der Waals surface area contributed by atoms with E-state index in [1.807, 2.05) is 42.5 Å². The number of allylic oxidation sites excluding steroid dienone is 1. The van der Waals surface area contributed by atoms with Crippen LogP contribution in [0.15, 0.2) is 72.8 Å². The van der Waals surface area contributed by atoms with Gasteiger partial charge in [0.25, 0.3) is 0 Å². The summed E-state index contributed by atoms with van der Waals surface area (Å²) < 4.78 is 11.0. The van der Waals surface area contributed by atoms with Crippen LogP contribution in [0.3, 0.4) is 0 Å². The fourth-order valence-corrected chi connectivity index (χ4v) is 3.09. The number of esters is 1. The highest BCUT2D eigenvalue weighted by Gasteiger charge is 2.16. The van der Waals surface area contributed by atoms with Gasteiger partial charge in [0.1, 0.15) is 0 Å². The number of nitriles is 1. The topological polar surface area (TPSA) is 59.3 Å². The molecule has 0 saturated heterocycles. The van der Waals surface area contributed by atoms with Gasteiger partial charge in [-0.1, -0.05) is 69.3 Å². The van der Waals surface area contributed by atoms with Crippen molar-refractivity contribution in [1.82, 2.24) is 0 Å². The number of rotatable bonds is 5. The maximum Gasteiger partial charge on any atom is 0.343 e. The SMILES string of the molecule is COc1cc(/C=C(\C#N)c2ccccc2)ccc1OC(=O)c1ccc(C(C)(C)C)cc1. The van der Waals surface area contributed by atoms with Gasteiger partial charge in [-0.3, -0.25) is 0 Å². The second-order valence-electron chi connectivity index (χ2n) is 8.16. The summed E-state index contributed by atoms with van der Waals surface area (Å²) in [5.74, 6) is 0.283. The first-order valence-electron chi connectivity index (χ1n) is 10.00. The van der Waals surface area contributed by atoms with Crippen molar-refractivity contribution in [1.29, 1.82) is 5.26 Å². The van der Waals surface area contributed by atoms with Gasteiger partial charge in [-0.15, -0.1) is 0 Å². The summed E-state index contributed by atoms with van der Waals surface area (Å²) in [6, 6.07) is 24.3. The Bertz CT molecular complexity index is 1130. The predicted molar refractivity (Wildman–Crippen MR) is 123 cm³/mol. The zero-order valence-corrected chi connectivity index (χ0v) is 18.2. The van der Waals surface area contributed by atoms with Gasteiger partial charge in [-0.2, -0.15) is 5.26 Å². The van der Waals surface area contributed by atoms with E-state index in [4.69, 9.17) is 9.47 Å². The first-order valence-corrected chi connectivity index (χ1v) is 10.00. The largest absolute Gasteiger partial charge is 0.493 e. The van der Waals surface area contributed by atoms with Crippen molar-refractivity contribution in [3.05, 3.63) is 95.1 Å². The fourth-order valence-electron chi connectivity index (χ4n) is 3.09. The molecule has 0 spiro atoms. The average Bonchev–Trinajstić information content (AvgIpc) is 2.78. The number of hydrogen-bond acceptors (Lipinski definition) is 4. The quantitative estimate of drug-likeness (QED) is 0.215. The van der Waals surface area contributed by atoms with E-state index in [2.05, 4.69) is 26.8 Å². The Hall–Kier alpha value is -3.84. The number of ether oxygens (including phenoxy) is 2. The molecule has 31 heavy (non-hydrogen) atoms. The zero-order chi connectivity index (χ0) is 22.4. The monoisotopic (exact) mass is 411 g/mol. The van der Waals surface area contributed by atoms with E-state index in [1.165, 1.54) is 7.11 Å². The maximum absolute atomic E-state index is 12.6. The van der Waals surface area contributed by atoms with Crippen LogP contribution in [0.5, 0.6) is 11.5 Å². The predicted octanol–water partition coefficient (Wildman–Crippen LogP) is 6.28. The van der Waals surface area contributed by atoms with Gasteiger partial charge in [-0.25, -0.2) is 4.79 Å². The molecule has 0 heterocycles. The minimum Gasteiger partial charge on any atom is -0.493 e. The third-order valence-corrected chi connectivity index (χ3v) is 4.89. The van der Waals surface area contributed by atoms with E-state index in [0.29, 0.717) is 22.6 Å². The van der Waals surface area contributed by atoms with Gasteiger partial charge in [0.15, 0.2) is 11.5 Å². The van der Waals surface area contributed by atoms with Crippen LogP contribution >= 0.6 is 0 Å². The molecule has 0 N–H and O–H groups in total. The summed E-state index contributed by atoms with van der Waals surface area (Å²) in [5, 5.41) is 9.52. The molecule has 3 aromatic carbocycles. The number of nitrogens with zero attached hydrogens (tertiary/aromatic N) is 1. The van der Waals surface area contributed by atoms with E-state index in [-0.39, 0.29) is 5.41 Å². The van der Waals surface area contributed by atoms with Gasteiger partial charge in [0.05, 0.1) is 24.3 Å². The Kier molecular flexibility index (Phi) is 6.57. The molecule has 3 aromatic rings. The fraction of sp³-hybridized carbons (Fsp3) is 0.185.